The highest BCUT2D eigenvalue weighted by Crippen LogP contribution is 2.28. The SMILES string of the molecule is CCOc1cc(CNCCc2c[nH]c3ccccc23)ccc1OC.O=C(O)C(=O)O. The van der Waals surface area contributed by atoms with E-state index in [1.54, 1.807) is 7.11 Å². The summed E-state index contributed by atoms with van der Waals surface area (Å²) in [5.74, 6) is -2.07. The second kappa shape index (κ2) is 11.5. The van der Waals surface area contributed by atoms with Crippen molar-refractivity contribution in [3.8, 4) is 11.5 Å². The number of carboxylic acids is 2. The van der Waals surface area contributed by atoms with Crippen LogP contribution < -0.4 is 14.8 Å². The normalized spacial score (nSPS) is 10.2. The summed E-state index contributed by atoms with van der Waals surface area (Å²) in [7, 11) is 1.66. The van der Waals surface area contributed by atoms with E-state index in [-0.39, 0.29) is 0 Å². The Kier molecular flexibility index (Phi) is 8.71. The Balaban J connectivity index is 0.000000469. The number of H-pyrrole nitrogens is 1. The molecule has 0 fully saturated rings. The lowest BCUT2D eigenvalue weighted by Gasteiger charge is -2.11. The number of benzene rings is 2. The van der Waals surface area contributed by atoms with Crippen molar-refractivity contribution in [3.63, 3.8) is 0 Å². The lowest BCUT2D eigenvalue weighted by molar-refractivity contribution is -0.159. The molecule has 2 aromatic carbocycles. The van der Waals surface area contributed by atoms with E-state index in [1.165, 1.54) is 22.0 Å². The van der Waals surface area contributed by atoms with Crippen LogP contribution in [0.2, 0.25) is 0 Å². The van der Waals surface area contributed by atoms with E-state index in [2.05, 4.69) is 46.8 Å². The molecule has 0 unspecified atom stereocenters. The molecule has 0 saturated heterocycles. The Morgan fingerprint density at radius 3 is 2.47 bits per heavy atom. The number of fused-ring (bicyclic) bond motifs is 1. The molecule has 0 spiro atoms. The Hall–Kier alpha value is -3.52. The highest BCUT2D eigenvalue weighted by atomic mass is 16.5. The van der Waals surface area contributed by atoms with Gasteiger partial charge in [-0.1, -0.05) is 24.3 Å². The van der Waals surface area contributed by atoms with E-state index in [4.69, 9.17) is 29.3 Å². The summed E-state index contributed by atoms with van der Waals surface area (Å²) in [4.78, 5) is 21.5. The maximum absolute atomic E-state index is 9.10. The number of methoxy groups -OCH3 is 1. The van der Waals surface area contributed by atoms with Gasteiger partial charge in [0.05, 0.1) is 13.7 Å². The van der Waals surface area contributed by atoms with Gasteiger partial charge in [0.2, 0.25) is 0 Å². The number of rotatable bonds is 8. The van der Waals surface area contributed by atoms with Crippen molar-refractivity contribution in [1.82, 2.24) is 10.3 Å². The summed E-state index contributed by atoms with van der Waals surface area (Å²) in [6, 6.07) is 14.5. The summed E-state index contributed by atoms with van der Waals surface area (Å²) in [5, 5.41) is 19.6. The van der Waals surface area contributed by atoms with Gasteiger partial charge in [0.1, 0.15) is 0 Å². The monoisotopic (exact) mass is 414 g/mol. The number of aliphatic carboxylic acids is 2. The quantitative estimate of drug-likeness (QED) is 0.330. The van der Waals surface area contributed by atoms with Gasteiger partial charge in [0.15, 0.2) is 11.5 Å². The van der Waals surface area contributed by atoms with Gasteiger partial charge >= 0.3 is 11.9 Å². The lowest BCUT2D eigenvalue weighted by Crippen LogP contribution is -2.16. The molecule has 0 saturated carbocycles. The Morgan fingerprint density at radius 1 is 1.07 bits per heavy atom. The molecule has 0 aliphatic carbocycles. The van der Waals surface area contributed by atoms with Crippen LogP contribution in [0, 0.1) is 0 Å². The molecular weight excluding hydrogens is 388 g/mol. The van der Waals surface area contributed by atoms with Crippen LogP contribution in [0.15, 0.2) is 48.7 Å². The van der Waals surface area contributed by atoms with Crippen molar-refractivity contribution >= 4 is 22.8 Å². The van der Waals surface area contributed by atoms with Crippen LogP contribution in [0.1, 0.15) is 18.1 Å². The molecule has 1 aromatic heterocycles. The molecule has 1 heterocycles. The van der Waals surface area contributed by atoms with Crippen LogP contribution in [0.5, 0.6) is 11.5 Å². The number of hydrogen-bond donors (Lipinski definition) is 4. The zero-order chi connectivity index (χ0) is 21.9. The Bertz CT molecular complexity index is 971. The molecule has 8 nitrogen and oxygen atoms in total. The van der Waals surface area contributed by atoms with E-state index in [9.17, 15) is 0 Å². The predicted molar refractivity (Wildman–Crippen MR) is 113 cm³/mol. The molecule has 4 N–H and O–H groups in total. The molecule has 3 aromatic rings. The van der Waals surface area contributed by atoms with E-state index in [0.717, 1.165) is 31.0 Å². The van der Waals surface area contributed by atoms with Gasteiger partial charge in [-0.05, 0) is 49.2 Å². The van der Waals surface area contributed by atoms with Crippen molar-refractivity contribution < 1.29 is 29.3 Å². The lowest BCUT2D eigenvalue weighted by atomic mass is 10.1. The third-order valence-corrected chi connectivity index (χ3v) is 4.29. The van der Waals surface area contributed by atoms with Gasteiger partial charge in [-0.3, -0.25) is 0 Å². The standard InChI is InChI=1S/C20H24N2O2.C2H2O4/c1-3-24-20-12-15(8-9-19(20)23-2)13-21-11-10-16-14-22-18-7-5-4-6-17(16)18;3-1(4)2(5)6/h4-9,12,14,21-22H,3,10-11,13H2,1-2H3;(H,3,4)(H,5,6). The molecule has 8 heteroatoms. The van der Waals surface area contributed by atoms with E-state index in [1.807, 2.05) is 19.1 Å². The summed E-state index contributed by atoms with van der Waals surface area (Å²) in [6.45, 7) is 4.35. The molecule has 0 bridgehead atoms. The van der Waals surface area contributed by atoms with Crippen molar-refractivity contribution in [1.29, 1.82) is 0 Å². The van der Waals surface area contributed by atoms with Crippen molar-refractivity contribution in [3.05, 3.63) is 59.8 Å². The molecule has 0 aliphatic rings. The van der Waals surface area contributed by atoms with E-state index < -0.39 is 11.9 Å². The summed E-state index contributed by atoms with van der Waals surface area (Å²) >= 11 is 0. The van der Waals surface area contributed by atoms with Gasteiger partial charge in [-0.2, -0.15) is 0 Å². The van der Waals surface area contributed by atoms with Gasteiger partial charge in [-0.15, -0.1) is 0 Å². The minimum Gasteiger partial charge on any atom is -0.493 e. The average Bonchev–Trinajstić information content (AvgIpc) is 3.15. The number of hydrogen-bond acceptors (Lipinski definition) is 5. The fourth-order valence-electron chi connectivity index (χ4n) is 2.89. The number of para-hydroxylation sites is 1. The first kappa shape index (κ1) is 22.8. The van der Waals surface area contributed by atoms with Gasteiger partial charge in [-0.25, -0.2) is 9.59 Å². The highest BCUT2D eigenvalue weighted by molar-refractivity contribution is 6.27. The minimum absolute atomic E-state index is 0.633. The third kappa shape index (κ3) is 6.52. The second-order valence-corrected chi connectivity index (χ2v) is 6.31. The molecule has 0 amide bonds. The number of aromatic nitrogens is 1. The summed E-state index contributed by atoms with van der Waals surface area (Å²) in [6.07, 6.45) is 3.10. The summed E-state index contributed by atoms with van der Waals surface area (Å²) < 4.78 is 10.9. The van der Waals surface area contributed by atoms with Gasteiger partial charge in [0, 0.05) is 23.6 Å². The smallest absolute Gasteiger partial charge is 0.414 e. The maximum Gasteiger partial charge on any atom is 0.414 e. The predicted octanol–water partition coefficient (Wildman–Crippen LogP) is 3.06. The fourth-order valence-corrected chi connectivity index (χ4v) is 2.89. The zero-order valence-electron chi connectivity index (χ0n) is 17.0. The molecule has 0 radical (unpaired) electrons. The molecule has 160 valence electrons. The van der Waals surface area contributed by atoms with Crippen LogP contribution in [0.25, 0.3) is 10.9 Å². The van der Waals surface area contributed by atoms with Crippen LogP contribution in [-0.4, -0.2) is 47.4 Å². The highest BCUT2D eigenvalue weighted by Gasteiger charge is 2.06. The molecule has 3 rings (SSSR count). The van der Waals surface area contributed by atoms with Gasteiger partial charge in [0.25, 0.3) is 0 Å². The molecule has 0 aliphatic heterocycles. The number of ether oxygens (including phenoxy) is 2. The van der Waals surface area contributed by atoms with E-state index in [0.29, 0.717) is 6.61 Å². The second-order valence-electron chi connectivity index (χ2n) is 6.31. The minimum atomic E-state index is -1.82. The maximum atomic E-state index is 9.10. The Morgan fingerprint density at radius 2 is 1.80 bits per heavy atom. The van der Waals surface area contributed by atoms with Crippen molar-refractivity contribution in [2.45, 2.75) is 19.9 Å². The van der Waals surface area contributed by atoms with Crippen LogP contribution >= 0.6 is 0 Å². The number of carbonyl (C=O) groups is 2. The summed E-state index contributed by atoms with van der Waals surface area (Å²) in [5.41, 5.74) is 3.74. The number of carboxylic acid groups (broad SMARTS) is 2. The molecule has 0 atom stereocenters. The first-order chi connectivity index (χ1) is 14.5. The first-order valence-electron chi connectivity index (χ1n) is 9.47. The van der Waals surface area contributed by atoms with Crippen molar-refractivity contribution in [2.24, 2.45) is 0 Å². The van der Waals surface area contributed by atoms with Crippen LogP contribution in [0.4, 0.5) is 0 Å². The Labute approximate surface area is 174 Å². The first-order valence-corrected chi connectivity index (χ1v) is 9.47. The molecule has 30 heavy (non-hydrogen) atoms. The molecular formula is C22H26N2O6. The third-order valence-electron chi connectivity index (χ3n) is 4.29. The topological polar surface area (TPSA) is 121 Å². The average molecular weight is 414 g/mol. The van der Waals surface area contributed by atoms with Crippen LogP contribution in [-0.2, 0) is 22.6 Å². The van der Waals surface area contributed by atoms with Crippen LogP contribution in [0.3, 0.4) is 0 Å². The van der Waals surface area contributed by atoms with Gasteiger partial charge < -0.3 is 30.0 Å². The zero-order valence-corrected chi connectivity index (χ0v) is 17.0. The van der Waals surface area contributed by atoms with E-state index >= 15 is 0 Å². The largest absolute Gasteiger partial charge is 0.493 e. The number of nitrogens with one attached hydrogen (secondary N) is 2. The van der Waals surface area contributed by atoms with Crippen molar-refractivity contribution in [2.75, 3.05) is 20.3 Å². The fraction of sp³-hybridized carbons (Fsp3) is 0.273. The number of aromatic amines is 1.